The summed E-state index contributed by atoms with van der Waals surface area (Å²) in [5.41, 5.74) is 3.00. The minimum Gasteiger partial charge on any atom is -0.352 e. The molecule has 0 radical (unpaired) electrons. The van der Waals surface area contributed by atoms with E-state index in [9.17, 15) is 9.59 Å². The van der Waals surface area contributed by atoms with Crippen LogP contribution in [0.2, 0.25) is 10.0 Å². The third-order valence-electron chi connectivity index (χ3n) is 5.26. The molecular formula is C25H32Cl2N2O2. The molecule has 2 rings (SSSR count). The summed E-state index contributed by atoms with van der Waals surface area (Å²) in [7, 11) is 0. The van der Waals surface area contributed by atoms with Crippen LogP contribution < -0.4 is 5.32 Å². The number of nitrogens with zero attached hydrogens (tertiary/aromatic N) is 1. The Morgan fingerprint density at radius 3 is 2.03 bits per heavy atom. The van der Waals surface area contributed by atoms with Crippen LogP contribution in [0.5, 0.6) is 0 Å². The van der Waals surface area contributed by atoms with Gasteiger partial charge in [0.15, 0.2) is 0 Å². The molecule has 2 aromatic rings. The monoisotopic (exact) mass is 462 g/mol. The van der Waals surface area contributed by atoms with Crippen molar-refractivity contribution < 1.29 is 9.59 Å². The molecule has 4 nitrogen and oxygen atoms in total. The first-order valence-corrected chi connectivity index (χ1v) is 11.5. The van der Waals surface area contributed by atoms with Crippen molar-refractivity contribution in [3.05, 3.63) is 69.2 Å². The maximum atomic E-state index is 13.2. The lowest BCUT2D eigenvalue weighted by Gasteiger charge is -2.30. The first kappa shape index (κ1) is 25.2. The van der Waals surface area contributed by atoms with Crippen LogP contribution in [0.1, 0.15) is 63.6 Å². The lowest BCUT2D eigenvalue weighted by molar-refractivity contribution is -0.140. The number of aryl methyl sites for hydroxylation is 1. The molecule has 2 amide bonds. The van der Waals surface area contributed by atoms with Crippen molar-refractivity contribution >= 4 is 35.0 Å². The first-order valence-electron chi connectivity index (χ1n) is 10.7. The predicted molar refractivity (Wildman–Crippen MR) is 129 cm³/mol. The van der Waals surface area contributed by atoms with E-state index in [2.05, 4.69) is 43.4 Å². The standard InChI is InChI=1S/C25H32Cl2N2O2/c1-16(2)20-12-9-19(10-13-20)11-14-24(30)29(18(5)25(31)28-17(3)4)15-21-22(26)7-6-8-23(21)27/h6-10,12-13,16-18H,11,14-15H2,1-5H3,(H,28,31)/t18-/m1/s1. The summed E-state index contributed by atoms with van der Waals surface area (Å²) in [5, 5.41) is 3.84. The van der Waals surface area contributed by atoms with Gasteiger partial charge >= 0.3 is 0 Å². The number of carbonyl (C=O) groups excluding carboxylic acids is 2. The SMILES string of the molecule is CC(C)NC(=O)[C@@H](C)N(Cc1c(Cl)cccc1Cl)C(=O)CCc1ccc(C(C)C)cc1. The van der Waals surface area contributed by atoms with E-state index < -0.39 is 6.04 Å². The van der Waals surface area contributed by atoms with Crippen LogP contribution in [-0.2, 0) is 22.6 Å². The Morgan fingerprint density at radius 2 is 1.52 bits per heavy atom. The molecule has 0 aliphatic rings. The predicted octanol–water partition coefficient (Wildman–Crippen LogP) is 5.99. The van der Waals surface area contributed by atoms with Crippen LogP contribution in [0.25, 0.3) is 0 Å². The zero-order valence-corrected chi connectivity index (χ0v) is 20.4. The summed E-state index contributed by atoms with van der Waals surface area (Å²) in [5.74, 6) is 0.148. The number of benzene rings is 2. The molecule has 0 aliphatic heterocycles. The number of carbonyl (C=O) groups is 2. The van der Waals surface area contributed by atoms with Crippen LogP contribution >= 0.6 is 23.2 Å². The van der Waals surface area contributed by atoms with Crippen molar-refractivity contribution in [2.45, 2.75) is 72.0 Å². The van der Waals surface area contributed by atoms with Crippen molar-refractivity contribution in [2.75, 3.05) is 0 Å². The van der Waals surface area contributed by atoms with E-state index in [0.717, 1.165) is 5.56 Å². The molecule has 0 spiro atoms. The molecule has 0 unspecified atom stereocenters. The number of hydrogen-bond donors (Lipinski definition) is 1. The van der Waals surface area contributed by atoms with Gasteiger partial charge in [0.05, 0.1) is 0 Å². The Morgan fingerprint density at radius 1 is 0.935 bits per heavy atom. The van der Waals surface area contributed by atoms with Gasteiger partial charge in [-0.05, 0) is 56.4 Å². The summed E-state index contributed by atoms with van der Waals surface area (Å²) in [6.07, 6.45) is 0.894. The maximum Gasteiger partial charge on any atom is 0.242 e. The molecule has 1 N–H and O–H groups in total. The normalized spacial score (nSPS) is 12.2. The van der Waals surface area contributed by atoms with E-state index in [4.69, 9.17) is 23.2 Å². The van der Waals surface area contributed by atoms with E-state index >= 15 is 0 Å². The molecule has 6 heteroatoms. The van der Waals surface area contributed by atoms with Gasteiger partial charge in [0.2, 0.25) is 11.8 Å². The Hall–Kier alpha value is -2.04. The van der Waals surface area contributed by atoms with Crippen LogP contribution in [-0.4, -0.2) is 28.8 Å². The smallest absolute Gasteiger partial charge is 0.242 e. The summed E-state index contributed by atoms with van der Waals surface area (Å²) < 4.78 is 0. The van der Waals surface area contributed by atoms with E-state index in [1.807, 2.05) is 13.8 Å². The van der Waals surface area contributed by atoms with Crippen LogP contribution in [0.15, 0.2) is 42.5 Å². The molecule has 2 aromatic carbocycles. The fraction of sp³-hybridized carbons (Fsp3) is 0.440. The second-order valence-corrected chi connectivity index (χ2v) is 9.27. The fourth-order valence-corrected chi connectivity index (χ4v) is 3.82. The molecule has 0 aromatic heterocycles. The van der Waals surface area contributed by atoms with Gasteiger partial charge in [-0.2, -0.15) is 0 Å². The average Bonchev–Trinajstić information content (AvgIpc) is 2.71. The third kappa shape index (κ3) is 7.26. The lowest BCUT2D eigenvalue weighted by atomic mass is 10.00. The highest BCUT2D eigenvalue weighted by Gasteiger charge is 2.27. The lowest BCUT2D eigenvalue weighted by Crippen LogP contribution is -2.49. The Bertz CT molecular complexity index is 875. The average molecular weight is 463 g/mol. The van der Waals surface area contributed by atoms with Crippen molar-refractivity contribution in [2.24, 2.45) is 0 Å². The first-order chi connectivity index (χ1) is 14.6. The molecule has 1 atom stereocenters. The molecule has 0 aliphatic carbocycles. The van der Waals surface area contributed by atoms with Crippen LogP contribution in [0.3, 0.4) is 0 Å². The van der Waals surface area contributed by atoms with Gasteiger partial charge in [-0.25, -0.2) is 0 Å². The number of amides is 2. The number of rotatable bonds is 9. The minimum atomic E-state index is -0.648. The quantitative estimate of drug-likeness (QED) is 0.497. The second kappa shape index (κ2) is 11.5. The fourth-order valence-electron chi connectivity index (χ4n) is 3.31. The molecule has 0 heterocycles. The molecule has 0 saturated heterocycles. The minimum absolute atomic E-state index is 0.0183. The zero-order valence-electron chi connectivity index (χ0n) is 18.9. The molecule has 0 fully saturated rings. The number of halogens is 2. The Kier molecular flexibility index (Phi) is 9.39. The maximum absolute atomic E-state index is 13.2. The number of nitrogens with one attached hydrogen (secondary N) is 1. The highest BCUT2D eigenvalue weighted by molar-refractivity contribution is 6.36. The summed E-state index contributed by atoms with van der Waals surface area (Å²) >= 11 is 12.7. The number of hydrogen-bond acceptors (Lipinski definition) is 2. The van der Waals surface area contributed by atoms with Gasteiger partial charge in [0.1, 0.15) is 6.04 Å². The van der Waals surface area contributed by atoms with Crippen molar-refractivity contribution in [1.29, 1.82) is 0 Å². The third-order valence-corrected chi connectivity index (χ3v) is 5.97. The van der Waals surface area contributed by atoms with Crippen LogP contribution in [0.4, 0.5) is 0 Å². The van der Waals surface area contributed by atoms with Gasteiger partial charge in [-0.1, -0.05) is 67.4 Å². The Labute approximate surface area is 195 Å². The van der Waals surface area contributed by atoms with E-state index in [0.29, 0.717) is 34.4 Å². The molecule has 31 heavy (non-hydrogen) atoms. The summed E-state index contributed by atoms with van der Waals surface area (Å²) in [6, 6.07) is 12.9. The summed E-state index contributed by atoms with van der Waals surface area (Å²) in [4.78, 5) is 27.4. The summed E-state index contributed by atoms with van der Waals surface area (Å²) in [6.45, 7) is 10.00. The van der Waals surface area contributed by atoms with Gasteiger partial charge in [-0.15, -0.1) is 0 Å². The zero-order chi connectivity index (χ0) is 23.1. The van der Waals surface area contributed by atoms with Crippen LogP contribution in [0, 0.1) is 0 Å². The highest BCUT2D eigenvalue weighted by atomic mass is 35.5. The van der Waals surface area contributed by atoms with Gasteiger partial charge < -0.3 is 10.2 Å². The molecular weight excluding hydrogens is 431 g/mol. The topological polar surface area (TPSA) is 49.4 Å². The van der Waals surface area contributed by atoms with Crippen molar-refractivity contribution in [1.82, 2.24) is 10.2 Å². The molecule has 0 bridgehead atoms. The second-order valence-electron chi connectivity index (χ2n) is 8.46. The molecule has 168 valence electrons. The Balaban J connectivity index is 2.19. The van der Waals surface area contributed by atoms with Gasteiger partial charge in [-0.3, -0.25) is 9.59 Å². The van der Waals surface area contributed by atoms with Crippen molar-refractivity contribution in [3.8, 4) is 0 Å². The van der Waals surface area contributed by atoms with E-state index in [1.165, 1.54) is 5.56 Å². The highest BCUT2D eigenvalue weighted by Crippen LogP contribution is 2.27. The largest absolute Gasteiger partial charge is 0.352 e. The van der Waals surface area contributed by atoms with Crippen molar-refractivity contribution in [3.63, 3.8) is 0 Å². The van der Waals surface area contributed by atoms with Gasteiger partial charge in [0, 0.05) is 34.6 Å². The van der Waals surface area contributed by atoms with Gasteiger partial charge in [0.25, 0.3) is 0 Å². The van der Waals surface area contributed by atoms with E-state index in [1.54, 1.807) is 30.0 Å². The molecule has 0 saturated carbocycles. The van der Waals surface area contributed by atoms with E-state index in [-0.39, 0.29) is 24.4 Å².